The normalized spacial score (nSPS) is 16.1. The van der Waals surface area contributed by atoms with E-state index < -0.39 is 0 Å². The number of piperidine rings is 1. The van der Waals surface area contributed by atoms with Crippen LogP contribution in [0.5, 0.6) is 0 Å². The monoisotopic (exact) mass is 456 g/mol. The molecule has 1 fully saturated rings. The van der Waals surface area contributed by atoms with E-state index in [1.54, 1.807) is 20.2 Å². The molecule has 5 rings (SSSR count). The maximum Gasteiger partial charge on any atom is 0.332 e. The van der Waals surface area contributed by atoms with E-state index in [4.69, 9.17) is 4.98 Å². The SMILES string of the molecule is CC#CCn1c(N2CCC[C@@H](C)C2)nc2c1c(=O)n(Cc1ccc3cccnc3c1)c(=O)n2C. The highest BCUT2D eigenvalue weighted by molar-refractivity contribution is 5.79. The largest absolute Gasteiger partial charge is 0.342 e. The molecule has 34 heavy (non-hydrogen) atoms. The lowest BCUT2D eigenvalue weighted by Crippen LogP contribution is -2.40. The Labute approximate surface area is 197 Å². The zero-order chi connectivity index (χ0) is 23.8. The van der Waals surface area contributed by atoms with Gasteiger partial charge in [0.1, 0.15) is 0 Å². The minimum Gasteiger partial charge on any atom is -0.342 e. The summed E-state index contributed by atoms with van der Waals surface area (Å²) in [4.78, 5) is 38.4. The molecule has 0 amide bonds. The molecular weight excluding hydrogens is 428 g/mol. The molecule has 8 nitrogen and oxygen atoms in total. The van der Waals surface area contributed by atoms with Crippen molar-refractivity contribution in [2.24, 2.45) is 13.0 Å². The van der Waals surface area contributed by atoms with Crippen LogP contribution in [0.15, 0.2) is 46.1 Å². The molecule has 0 saturated carbocycles. The number of imidazole rings is 1. The minimum absolute atomic E-state index is 0.161. The number of rotatable bonds is 4. The van der Waals surface area contributed by atoms with Crippen LogP contribution in [-0.2, 0) is 20.1 Å². The van der Waals surface area contributed by atoms with Crippen LogP contribution < -0.4 is 16.1 Å². The lowest BCUT2D eigenvalue weighted by atomic mass is 10.0. The standard InChI is InChI=1S/C26H28N6O2/c1-4-5-14-31-22-23(28-25(31)30-13-7-8-18(2)16-30)29(3)26(34)32(24(22)33)17-19-10-11-20-9-6-12-27-21(20)15-19/h6,9-12,15,18H,7-8,13-14,16-17H2,1-3H3/t18-/m1/s1. The molecule has 1 atom stereocenters. The first-order chi connectivity index (χ1) is 16.5. The second kappa shape index (κ2) is 8.82. The summed E-state index contributed by atoms with van der Waals surface area (Å²) in [5.74, 6) is 7.27. The first-order valence-electron chi connectivity index (χ1n) is 11.7. The van der Waals surface area contributed by atoms with Gasteiger partial charge in [0.05, 0.1) is 18.6 Å². The number of aromatic nitrogens is 5. The first kappa shape index (κ1) is 22.0. The van der Waals surface area contributed by atoms with E-state index in [1.165, 1.54) is 15.6 Å². The summed E-state index contributed by atoms with van der Waals surface area (Å²) < 4.78 is 4.64. The van der Waals surface area contributed by atoms with E-state index in [0.717, 1.165) is 36.0 Å². The fourth-order valence-corrected chi connectivity index (χ4v) is 4.81. The Balaban J connectivity index is 1.68. The molecule has 0 bridgehead atoms. The molecule has 0 spiro atoms. The molecule has 1 aliphatic heterocycles. The quantitative estimate of drug-likeness (QED) is 0.442. The second-order valence-electron chi connectivity index (χ2n) is 9.05. The smallest absolute Gasteiger partial charge is 0.332 e. The van der Waals surface area contributed by atoms with E-state index in [-0.39, 0.29) is 17.8 Å². The first-order valence-corrected chi connectivity index (χ1v) is 11.7. The summed E-state index contributed by atoms with van der Waals surface area (Å²) in [6.07, 6.45) is 3.99. The third-order valence-corrected chi connectivity index (χ3v) is 6.58. The Bertz CT molecular complexity index is 1570. The molecule has 8 heteroatoms. The number of fused-ring (bicyclic) bond motifs is 2. The molecule has 0 N–H and O–H groups in total. The van der Waals surface area contributed by atoms with Crippen molar-refractivity contribution in [2.45, 2.75) is 39.8 Å². The highest BCUT2D eigenvalue weighted by atomic mass is 16.2. The number of hydrogen-bond acceptors (Lipinski definition) is 5. The van der Waals surface area contributed by atoms with Crippen molar-refractivity contribution in [2.75, 3.05) is 18.0 Å². The van der Waals surface area contributed by atoms with Crippen molar-refractivity contribution in [1.82, 2.24) is 23.7 Å². The molecule has 0 radical (unpaired) electrons. The highest BCUT2D eigenvalue weighted by Gasteiger charge is 2.26. The van der Waals surface area contributed by atoms with Crippen molar-refractivity contribution in [3.05, 3.63) is 62.9 Å². The molecule has 1 aromatic carbocycles. The zero-order valence-corrected chi connectivity index (χ0v) is 19.8. The summed E-state index contributed by atoms with van der Waals surface area (Å²) in [6, 6.07) is 9.69. The molecule has 174 valence electrons. The fraction of sp³-hybridized carbons (Fsp3) is 0.385. The average molecular weight is 457 g/mol. The summed E-state index contributed by atoms with van der Waals surface area (Å²) in [5.41, 5.74) is 1.75. The Morgan fingerprint density at radius 1 is 1.18 bits per heavy atom. The summed E-state index contributed by atoms with van der Waals surface area (Å²) in [6.45, 7) is 6.26. The van der Waals surface area contributed by atoms with Crippen LogP contribution in [0.3, 0.4) is 0 Å². The van der Waals surface area contributed by atoms with Crippen molar-refractivity contribution in [3.63, 3.8) is 0 Å². The number of pyridine rings is 1. The van der Waals surface area contributed by atoms with Gasteiger partial charge in [0.2, 0.25) is 5.95 Å². The van der Waals surface area contributed by atoms with Crippen LogP contribution in [0.4, 0.5) is 5.95 Å². The van der Waals surface area contributed by atoms with Crippen molar-refractivity contribution in [3.8, 4) is 11.8 Å². The lowest BCUT2D eigenvalue weighted by Gasteiger charge is -2.31. The highest BCUT2D eigenvalue weighted by Crippen LogP contribution is 2.25. The van der Waals surface area contributed by atoms with Crippen LogP contribution in [-0.4, -0.2) is 36.8 Å². The zero-order valence-electron chi connectivity index (χ0n) is 19.8. The number of benzene rings is 1. The summed E-state index contributed by atoms with van der Waals surface area (Å²) >= 11 is 0. The second-order valence-corrected chi connectivity index (χ2v) is 9.05. The van der Waals surface area contributed by atoms with E-state index >= 15 is 0 Å². The lowest BCUT2D eigenvalue weighted by molar-refractivity contribution is 0.439. The van der Waals surface area contributed by atoms with Crippen LogP contribution in [0.1, 0.15) is 32.3 Å². The molecular formula is C26H28N6O2. The van der Waals surface area contributed by atoms with Crippen molar-refractivity contribution in [1.29, 1.82) is 0 Å². The topological polar surface area (TPSA) is 78.0 Å². The molecule has 4 heterocycles. The van der Waals surface area contributed by atoms with Gasteiger partial charge in [0.25, 0.3) is 5.56 Å². The maximum atomic E-state index is 13.7. The van der Waals surface area contributed by atoms with E-state index in [2.05, 4.69) is 28.6 Å². The van der Waals surface area contributed by atoms with Gasteiger partial charge in [-0.2, -0.15) is 4.98 Å². The van der Waals surface area contributed by atoms with Crippen molar-refractivity contribution < 1.29 is 0 Å². The van der Waals surface area contributed by atoms with E-state index in [1.807, 2.05) is 34.9 Å². The van der Waals surface area contributed by atoms with Gasteiger partial charge in [0.15, 0.2) is 11.2 Å². The predicted molar refractivity (Wildman–Crippen MR) is 134 cm³/mol. The van der Waals surface area contributed by atoms with E-state index in [0.29, 0.717) is 29.6 Å². The summed E-state index contributed by atoms with van der Waals surface area (Å²) in [5, 5.41) is 1.01. The number of nitrogens with zero attached hydrogens (tertiary/aromatic N) is 6. The molecule has 1 aliphatic rings. The van der Waals surface area contributed by atoms with Gasteiger partial charge in [0, 0.05) is 31.7 Å². The molecule has 0 aliphatic carbocycles. The third-order valence-electron chi connectivity index (χ3n) is 6.58. The Morgan fingerprint density at radius 3 is 2.82 bits per heavy atom. The number of aryl methyl sites for hydroxylation is 1. The Hall–Kier alpha value is -3.86. The minimum atomic E-state index is -0.386. The Morgan fingerprint density at radius 2 is 2.03 bits per heavy atom. The third kappa shape index (κ3) is 3.77. The van der Waals surface area contributed by atoms with Gasteiger partial charge in [-0.3, -0.25) is 23.5 Å². The maximum absolute atomic E-state index is 13.7. The van der Waals surface area contributed by atoms with Gasteiger partial charge >= 0.3 is 5.69 Å². The van der Waals surface area contributed by atoms with Gasteiger partial charge in [-0.05, 0) is 43.4 Å². The van der Waals surface area contributed by atoms with Crippen LogP contribution >= 0.6 is 0 Å². The molecule has 4 aromatic rings. The fourth-order valence-electron chi connectivity index (χ4n) is 4.81. The van der Waals surface area contributed by atoms with Gasteiger partial charge < -0.3 is 4.90 Å². The van der Waals surface area contributed by atoms with Crippen LogP contribution in [0, 0.1) is 17.8 Å². The Kier molecular flexibility index (Phi) is 5.70. The molecule has 0 unspecified atom stereocenters. The van der Waals surface area contributed by atoms with Gasteiger partial charge in [-0.1, -0.05) is 31.0 Å². The van der Waals surface area contributed by atoms with Crippen LogP contribution in [0.25, 0.3) is 22.1 Å². The van der Waals surface area contributed by atoms with Gasteiger partial charge in [-0.25, -0.2) is 4.79 Å². The van der Waals surface area contributed by atoms with Crippen molar-refractivity contribution >= 4 is 28.0 Å². The molecule has 1 saturated heterocycles. The van der Waals surface area contributed by atoms with Gasteiger partial charge in [-0.15, -0.1) is 5.92 Å². The average Bonchev–Trinajstić information content (AvgIpc) is 3.23. The molecule has 3 aromatic heterocycles. The van der Waals surface area contributed by atoms with Crippen LogP contribution in [0.2, 0.25) is 0 Å². The van der Waals surface area contributed by atoms with E-state index in [9.17, 15) is 9.59 Å². The number of hydrogen-bond donors (Lipinski definition) is 0. The predicted octanol–water partition coefficient (Wildman–Crippen LogP) is 2.75. The summed E-state index contributed by atoms with van der Waals surface area (Å²) in [7, 11) is 1.67. The number of anilines is 1.